The smallest absolute Gasteiger partial charge is 0.226 e. The molecule has 6 heterocycles. The lowest BCUT2D eigenvalue weighted by atomic mass is 10.3. The lowest BCUT2D eigenvalue weighted by Gasteiger charge is -2.05. The third-order valence-corrected chi connectivity index (χ3v) is 5.15. The molecule has 6 rings (SSSR count). The number of hydrogen-bond acceptors (Lipinski definition) is 10. The third-order valence-electron chi connectivity index (χ3n) is 4.52. The topological polar surface area (TPSA) is 173 Å². The van der Waals surface area contributed by atoms with Gasteiger partial charge in [-0.25, -0.2) is 15.0 Å². The molecule has 0 fully saturated rings. The number of aromatic nitrogens is 10. The van der Waals surface area contributed by atoms with Gasteiger partial charge in [-0.1, -0.05) is 11.6 Å². The van der Waals surface area contributed by atoms with Gasteiger partial charge in [0.2, 0.25) is 10.6 Å². The summed E-state index contributed by atoms with van der Waals surface area (Å²) in [7, 11) is 0. The molecule has 0 bridgehead atoms. The maximum atomic E-state index is 5.86. The van der Waals surface area contributed by atoms with Gasteiger partial charge < -0.3 is 11.1 Å². The van der Waals surface area contributed by atoms with Gasteiger partial charge >= 0.3 is 0 Å². The number of H-pyrrole nitrogens is 2. The van der Waals surface area contributed by atoms with Crippen LogP contribution in [0.25, 0.3) is 22.1 Å². The number of anilines is 3. The predicted molar refractivity (Wildman–Crippen MR) is 144 cm³/mol. The molecule has 0 aliphatic rings. The Kier molecular flexibility index (Phi) is 8.23. The number of nitrogens with zero attached hydrogens (tertiary/aromatic N) is 8. The number of rotatable bonds is 2. The van der Waals surface area contributed by atoms with Crippen LogP contribution in [0.15, 0.2) is 48.8 Å². The zero-order valence-electron chi connectivity index (χ0n) is 19.4. The molecule has 6 aromatic rings. The van der Waals surface area contributed by atoms with Gasteiger partial charge in [0, 0.05) is 35.9 Å². The molecule has 15 heteroatoms. The lowest BCUT2D eigenvalue weighted by Crippen LogP contribution is -1.98. The Morgan fingerprint density at radius 3 is 1.92 bits per heavy atom. The standard InChI is InChI=1S/C11H9ClN6.C7H3Cl2N3.C4H7N3/c1-6-5-8(18-17-6)14-10-7-3-2-4-13-9(7)15-11(12)16-10;8-5-4-2-1-3-10-6(4)12-7(9)11-5;1-3-2-4(5)7-6-3/h2-5H,1H3,(H2,13,14,15,16,17,18);1-3H;2H,1H3,(H3,5,6,7). The Morgan fingerprint density at radius 2 is 1.35 bits per heavy atom. The fraction of sp³-hybridized carbons (Fsp3) is 0.0909. The van der Waals surface area contributed by atoms with Gasteiger partial charge in [0.25, 0.3) is 0 Å². The molecule has 0 aliphatic carbocycles. The summed E-state index contributed by atoms with van der Waals surface area (Å²) in [4.78, 5) is 24.0. The fourth-order valence-corrected chi connectivity index (χ4v) is 3.57. The highest BCUT2D eigenvalue weighted by atomic mass is 35.5. The van der Waals surface area contributed by atoms with Crippen LogP contribution < -0.4 is 11.1 Å². The molecule has 5 N–H and O–H groups in total. The molecule has 188 valence electrons. The van der Waals surface area contributed by atoms with E-state index >= 15 is 0 Å². The second-order valence-electron chi connectivity index (χ2n) is 7.41. The highest BCUT2D eigenvalue weighted by Gasteiger charge is 2.08. The summed E-state index contributed by atoms with van der Waals surface area (Å²) in [5.41, 5.74) is 8.26. The largest absolute Gasteiger partial charge is 0.382 e. The summed E-state index contributed by atoms with van der Waals surface area (Å²) in [6, 6.07) is 10.9. The number of nitrogen functional groups attached to an aromatic ring is 1. The van der Waals surface area contributed by atoms with Crippen molar-refractivity contribution in [2.75, 3.05) is 11.1 Å². The summed E-state index contributed by atoms with van der Waals surface area (Å²) in [5.74, 6) is 1.81. The predicted octanol–water partition coefficient (Wildman–Crippen LogP) is 5.09. The first-order valence-electron chi connectivity index (χ1n) is 10.6. The van der Waals surface area contributed by atoms with E-state index in [9.17, 15) is 0 Å². The van der Waals surface area contributed by atoms with Crippen molar-refractivity contribution in [2.45, 2.75) is 13.8 Å². The molecule has 0 atom stereocenters. The van der Waals surface area contributed by atoms with Crippen LogP contribution in [0.3, 0.4) is 0 Å². The summed E-state index contributed by atoms with van der Waals surface area (Å²) in [6.45, 7) is 3.83. The van der Waals surface area contributed by atoms with Crippen molar-refractivity contribution < 1.29 is 0 Å². The van der Waals surface area contributed by atoms with Crippen LogP contribution in [0.4, 0.5) is 17.5 Å². The maximum absolute atomic E-state index is 5.86. The van der Waals surface area contributed by atoms with Gasteiger partial charge in [0.1, 0.15) is 16.8 Å². The van der Waals surface area contributed by atoms with E-state index in [1.807, 2.05) is 32.0 Å². The van der Waals surface area contributed by atoms with Crippen LogP contribution in [0.1, 0.15) is 11.4 Å². The molecule has 0 aliphatic heterocycles. The number of aryl methyl sites for hydroxylation is 2. The molecule has 0 saturated heterocycles. The highest BCUT2D eigenvalue weighted by molar-refractivity contribution is 6.35. The number of nitrogens with two attached hydrogens (primary N) is 1. The van der Waals surface area contributed by atoms with Gasteiger partial charge in [0.05, 0.1) is 10.8 Å². The number of fused-ring (bicyclic) bond motifs is 2. The molecule has 6 aromatic heterocycles. The van der Waals surface area contributed by atoms with Crippen LogP contribution in [0.2, 0.25) is 15.7 Å². The number of pyridine rings is 2. The third kappa shape index (κ3) is 6.97. The van der Waals surface area contributed by atoms with Crippen LogP contribution in [-0.4, -0.2) is 50.3 Å². The number of aromatic amines is 2. The average Bonchev–Trinajstić information content (AvgIpc) is 3.45. The second kappa shape index (κ2) is 11.7. The molecular weight excluding hydrogens is 539 g/mol. The van der Waals surface area contributed by atoms with Crippen molar-refractivity contribution in [1.82, 2.24) is 50.3 Å². The number of halogens is 3. The van der Waals surface area contributed by atoms with E-state index < -0.39 is 0 Å². The average molecular weight is 558 g/mol. The molecule has 0 amide bonds. The van der Waals surface area contributed by atoms with Crippen molar-refractivity contribution in [3.05, 3.63) is 75.9 Å². The Labute approximate surface area is 225 Å². The van der Waals surface area contributed by atoms with E-state index in [2.05, 4.69) is 55.6 Å². The van der Waals surface area contributed by atoms with E-state index in [4.69, 9.17) is 40.5 Å². The monoisotopic (exact) mass is 556 g/mol. The van der Waals surface area contributed by atoms with Crippen molar-refractivity contribution >= 4 is 74.3 Å². The van der Waals surface area contributed by atoms with E-state index in [1.54, 1.807) is 30.6 Å². The lowest BCUT2D eigenvalue weighted by molar-refractivity contribution is 1.05. The van der Waals surface area contributed by atoms with Crippen molar-refractivity contribution in [2.24, 2.45) is 0 Å². The SMILES string of the molecule is Cc1cc(N)n[nH]1.Cc1cc(Nc2nc(Cl)nc3ncccc23)n[nH]1.Clc1nc(Cl)c2cccnc2n1. The Hall–Kier alpha value is -4.13. The Bertz CT molecular complexity index is 1630. The van der Waals surface area contributed by atoms with Crippen molar-refractivity contribution in [3.63, 3.8) is 0 Å². The van der Waals surface area contributed by atoms with Crippen LogP contribution in [-0.2, 0) is 0 Å². The highest BCUT2D eigenvalue weighted by Crippen LogP contribution is 2.23. The zero-order chi connectivity index (χ0) is 26.4. The van der Waals surface area contributed by atoms with Crippen LogP contribution in [0, 0.1) is 13.8 Å². The summed E-state index contributed by atoms with van der Waals surface area (Å²) < 4.78 is 0. The number of hydrogen-bond donors (Lipinski definition) is 4. The Balaban J connectivity index is 0.000000144. The minimum Gasteiger partial charge on any atom is -0.382 e. The first-order chi connectivity index (χ1) is 17.8. The first kappa shape index (κ1) is 25.9. The summed E-state index contributed by atoms with van der Waals surface area (Å²) in [6.07, 6.45) is 3.29. The number of nitrogens with one attached hydrogen (secondary N) is 3. The maximum Gasteiger partial charge on any atom is 0.226 e. The van der Waals surface area contributed by atoms with E-state index in [0.29, 0.717) is 39.3 Å². The molecule has 0 saturated carbocycles. The first-order valence-corrected chi connectivity index (χ1v) is 11.7. The zero-order valence-corrected chi connectivity index (χ0v) is 21.7. The Morgan fingerprint density at radius 1 is 0.757 bits per heavy atom. The van der Waals surface area contributed by atoms with Gasteiger partial charge in [-0.15, -0.1) is 0 Å². The van der Waals surface area contributed by atoms with E-state index in [1.165, 1.54) is 0 Å². The molecule has 12 nitrogen and oxygen atoms in total. The fourth-order valence-electron chi connectivity index (χ4n) is 2.97. The van der Waals surface area contributed by atoms with Gasteiger partial charge in [0.15, 0.2) is 17.1 Å². The summed E-state index contributed by atoms with van der Waals surface area (Å²) in [5, 5.41) is 18.5. The normalized spacial score (nSPS) is 10.4. The van der Waals surface area contributed by atoms with Gasteiger partial charge in [-0.2, -0.15) is 25.1 Å². The molecule has 0 aromatic carbocycles. The quantitative estimate of drug-likeness (QED) is 0.166. The summed E-state index contributed by atoms with van der Waals surface area (Å²) >= 11 is 17.2. The van der Waals surface area contributed by atoms with E-state index in [0.717, 1.165) is 16.8 Å². The van der Waals surface area contributed by atoms with Crippen molar-refractivity contribution in [1.29, 1.82) is 0 Å². The van der Waals surface area contributed by atoms with E-state index in [-0.39, 0.29) is 10.6 Å². The minimum absolute atomic E-state index is 0.117. The molecule has 37 heavy (non-hydrogen) atoms. The van der Waals surface area contributed by atoms with Gasteiger partial charge in [-0.05, 0) is 61.3 Å². The van der Waals surface area contributed by atoms with Crippen LogP contribution >= 0.6 is 34.8 Å². The molecule has 0 spiro atoms. The van der Waals surface area contributed by atoms with Gasteiger partial charge in [-0.3, -0.25) is 10.2 Å². The second-order valence-corrected chi connectivity index (χ2v) is 8.44. The molecular formula is C22H19Cl3N12. The molecule has 0 unspecified atom stereocenters. The van der Waals surface area contributed by atoms with Crippen molar-refractivity contribution in [3.8, 4) is 0 Å². The molecule has 0 radical (unpaired) electrons. The van der Waals surface area contributed by atoms with Crippen LogP contribution in [0.5, 0.6) is 0 Å². The minimum atomic E-state index is 0.117.